The van der Waals surface area contributed by atoms with Gasteiger partial charge in [0.25, 0.3) is 0 Å². The van der Waals surface area contributed by atoms with Gasteiger partial charge < -0.3 is 10.6 Å². The maximum atomic E-state index is 12.6. The summed E-state index contributed by atoms with van der Waals surface area (Å²) in [6.07, 6.45) is 9.86. The summed E-state index contributed by atoms with van der Waals surface area (Å²) in [6.45, 7) is 1.97. The van der Waals surface area contributed by atoms with Crippen molar-refractivity contribution in [3.8, 4) is 0 Å². The van der Waals surface area contributed by atoms with Gasteiger partial charge in [-0.15, -0.1) is 0 Å². The minimum absolute atomic E-state index is 0.0547. The Hall–Kier alpha value is -0.570. The Morgan fingerprint density at radius 3 is 2.71 bits per heavy atom. The standard InChI is InChI=1S/C14H24N2O/c17-13(16-12-6-1-2-7-12)14-8-4-3-5-11(14)9-15-10-14/h11-12,15H,1-10H2,(H,16,17)/t11-,14+/m0/s1. The molecule has 3 fully saturated rings. The van der Waals surface area contributed by atoms with Crippen LogP contribution in [0.4, 0.5) is 0 Å². The average Bonchev–Trinajstić information content (AvgIpc) is 2.96. The Kier molecular flexibility index (Phi) is 3.12. The molecule has 1 aliphatic heterocycles. The van der Waals surface area contributed by atoms with Gasteiger partial charge in [-0.1, -0.05) is 25.7 Å². The highest BCUT2D eigenvalue weighted by Crippen LogP contribution is 2.44. The molecule has 0 unspecified atom stereocenters. The molecule has 2 saturated carbocycles. The minimum Gasteiger partial charge on any atom is -0.353 e. The fourth-order valence-corrected chi connectivity index (χ4v) is 4.09. The van der Waals surface area contributed by atoms with Gasteiger partial charge >= 0.3 is 0 Å². The number of hydrogen-bond donors (Lipinski definition) is 2. The number of rotatable bonds is 2. The molecule has 0 spiro atoms. The lowest BCUT2D eigenvalue weighted by atomic mass is 9.67. The Morgan fingerprint density at radius 1 is 1.12 bits per heavy atom. The molecule has 17 heavy (non-hydrogen) atoms. The molecule has 1 amide bonds. The molecule has 2 aliphatic carbocycles. The van der Waals surface area contributed by atoms with E-state index in [1.54, 1.807) is 0 Å². The summed E-state index contributed by atoms with van der Waals surface area (Å²) in [4.78, 5) is 12.6. The predicted molar refractivity (Wildman–Crippen MR) is 67.7 cm³/mol. The van der Waals surface area contributed by atoms with Gasteiger partial charge in [-0.3, -0.25) is 4.79 Å². The summed E-state index contributed by atoms with van der Waals surface area (Å²) in [5.41, 5.74) is -0.0547. The lowest BCUT2D eigenvalue weighted by molar-refractivity contribution is -0.134. The lowest BCUT2D eigenvalue weighted by Crippen LogP contribution is -2.50. The van der Waals surface area contributed by atoms with Crippen molar-refractivity contribution in [2.24, 2.45) is 11.3 Å². The summed E-state index contributed by atoms with van der Waals surface area (Å²) in [5.74, 6) is 0.955. The number of carbonyl (C=O) groups excluding carboxylic acids is 1. The molecule has 0 radical (unpaired) electrons. The maximum Gasteiger partial charge on any atom is 0.228 e. The summed E-state index contributed by atoms with van der Waals surface area (Å²) in [6, 6.07) is 0.472. The Labute approximate surface area is 104 Å². The minimum atomic E-state index is -0.0547. The van der Waals surface area contributed by atoms with E-state index in [9.17, 15) is 4.79 Å². The first-order chi connectivity index (χ1) is 8.31. The molecule has 1 saturated heterocycles. The topological polar surface area (TPSA) is 41.1 Å². The third-order valence-electron chi connectivity index (χ3n) is 5.18. The quantitative estimate of drug-likeness (QED) is 0.768. The van der Waals surface area contributed by atoms with E-state index in [2.05, 4.69) is 10.6 Å². The lowest BCUT2D eigenvalue weighted by Gasteiger charge is -2.37. The van der Waals surface area contributed by atoms with Crippen molar-refractivity contribution in [1.29, 1.82) is 0 Å². The van der Waals surface area contributed by atoms with Gasteiger partial charge in [0.05, 0.1) is 5.41 Å². The van der Waals surface area contributed by atoms with E-state index in [0.29, 0.717) is 17.9 Å². The average molecular weight is 236 g/mol. The fourth-order valence-electron chi connectivity index (χ4n) is 4.09. The number of amides is 1. The zero-order valence-corrected chi connectivity index (χ0v) is 10.6. The van der Waals surface area contributed by atoms with Crippen molar-refractivity contribution in [2.75, 3.05) is 13.1 Å². The Bertz CT molecular complexity index is 299. The van der Waals surface area contributed by atoms with Gasteiger partial charge in [0, 0.05) is 12.6 Å². The Balaban J connectivity index is 1.69. The number of nitrogens with one attached hydrogen (secondary N) is 2. The molecule has 0 bridgehead atoms. The van der Waals surface area contributed by atoms with Crippen LogP contribution in [0.2, 0.25) is 0 Å². The van der Waals surface area contributed by atoms with Gasteiger partial charge in [-0.25, -0.2) is 0 Å². The summed E-state index contributed by atoms with van der Waals surface area (Å²) in [5, 5.41) is 6.78. The van der Waals surface area contributed by atoms with Crippen molar-refractivity contribution in [3.05, 3.63) is 0 Å². The predicted octanol–water partition coefficient (Wildman–Crippen LogP) is 1.82. The van der Waals surface area contributed by atoms with Crippen LogP contribution >= 0.6 is 0 Å². The van der Waals surface area contributed by atoms with E-state index in [1.807, 2.05) is 0 Å². The molecule has 0 aromatic carbocycles. The number of hydrogen-bond acceptors (Lipinski definition) is 2. The van der Waals surface area contributed by atoms with E-state index in [4.69, 9.17) is 0 Å². The molecule has 3 rings (SSSR count). The molecule has 1 heterocycles. The second-order valence-electron chi connectivity index (χ2n) is 6.18. The monoisotopic (exact) mass is 236 g/mol. The van der Waals surface area contributed by atoms with E-state index >= 15 is 0 Å². The van der Waals surface area contributed by atoms with Crippen LogP contribution in [-0.2, 0) is 4.79 Å². The van der Waals surface area contributed by atoms with Crippen LogP contribution < -0.4 is 10.6 Å². The molecule has 3 heteroatoms. The van der Waals surface area contributed by atoms with E-state index in [-0.39, 0.29) is 5.41 Å². The molecule has 0 aromatic rings. The third-order valence-corrected chi connectivity index (χ3v) is 5.18. The molecule has 0 aromatic heterocycles. The highest BCUT2D eigenvalue weighted by atomic mass is 16.2. The Morgan fingerprint density at radius 2 is 1.88 bits per heavy atom. The molecule has 2 atom stereocenters. The van der Waals surface area contributed by atoms with Crippen LogP contribution in [0.3, 0.4) is 0 Å². The first-order valence-corrected chi connectivity index (χ1v) is 7.33. The molecule has 96 valence electrons. The van der Waals surface area contributed by atoms with Crippen LogP contribution in [0.5, 0.6) is 0 Å². The van der Waals surface area contributed by atoms with Gasteiger partial charge in [-0.05, 0) is 38.1 Å². The second-order valence-corrected chi connectivity index (χ2v) is 6.18. The highest BCUT2D eigenvalue weighted by Gasteiger charge is 2.50. The van der Waals surface area contributed by atoms with Crippen molar-refractivity contribution in [1.82, 2.24) is 10.6 Å². The van der Waals surface area contributed by atoms with Gasteiger partial charge in [0.2, 0.25) is 5.91 Å². The smallest absolute Gasteiger partial charge is 0.228 e. The van der Waals surface area contributed by atoms with Gasteiger partial charge in [-0.2, -0.15) is 0 Å². The van der Waals surface area contributed by atoms with Crippen molar-refractivity contribution in [2.45, 2.75) is 57.4 Å². The molecule has 3 aliphatic rings. The van der Waals surface area contributed by atoms with Crippen LogP contribution in [-0.4, -0.2) is 25.0 Å². The van der Waals surface area contributed by atoms with E-state index < -0.39 is 0 Å². The fraction of sp³-hybridized carbons (Fsp3) is 0.929. The zero-order chi connectivity index (χ0) is 11.7. The van der Waals surface area contributed by atoms with E-state index in [1.165, 1.54) is 44.9 Å². The van der Waals surface area contributed by atoms with Crippen molar-refractivity contribution >= 4 is 5.91 Å². The molecular weight excluding hydrogens is 212 g/mol. The molecule has 3 nitrogen and oxygen atoms in total. The summed E-state index contributed by atoms with van der Waals surface area (Å²) < 4.78 is 0. The van der Waals surface area contributed by atoms with Gasteiger partial charge in [0.15, 0.2) is 0 Å². The summed E-state index contributed by atoms with van der Waals surface area (Å²) in [7, 11) is 0. The highest BCUT2D eigenvalue weighted by molar-refractivity contribution is 5.84. The van der Waals surface area contributed by atoms with Crippen molar-refractivity contribution in [3.63, 3.8) is 0 Å². The normalized spacial score (nSPS) is 38.0. The number of carbonyl (C=O) groups is 1. The van der Waals surface area contributed by atoms with Gasteiger partial charge in [0.1, 0.15) is 0 Å². The maximum absolute atomic E-state index is 12.6. The van der Waals surface area contributed by atoms with Crippen LogP contribution in [0.1, 0.15) is 51.4 Å². The van der Waals surface area contributed by atoms with Crippen molar-refractivity contribution < 1.29 is 4.79 Å². The first-order valence-electron chi connectivity index (χ1n) is 7.33. The first kappa shape index (κ1) is 11.5. The SMILES string of the molecule is O=C(NC1CCCC1)[C@@]12CCCC[C@H]1CNC2. The largest absolute Gasteiger partial charge is 0.353 e. The molecular formula is C14H24N2O. The summed E-state index contributed by atoms with van der Waals surface area (Å²) >= 11 is 0. The number of fused-ring (bicyclic) bond motifs is 1. The molecule has 2 N–H and O–H groups in total. The zero-order valence-electron chi connectivity index (χ0n) is 10.6. The van der Waals surface area contributed by atoms with E-state index in [0.717, 1.165) is 19.5 Å². The third kappa shape index (κ3) is 1.99. The van der Waals surface area contributed by atoms with Crippen LogP contribution in [0.15, 0.2) is 0 Å². The second kappa shape index (κ2) is 4.60. The van der Waals surface area contributed by atoms with Crippen LogP contribution in [0.25, 0.3) is 0 Å². The van der Waals surface area contributed by atoms with Crippen LogP contribution in [0, 0.1) is 11.3 Å².